The predicted octanol–water partition coefficient (Wildman–Crippen LogP) is 1.26. The summed E-state index contributed by atoms with van der Waals surface area (Å²) in [5, 5.41) is 8.78. The lowest BCUT2D eigenvalue weighted by Crippen LogP contribution is -1.96. The molecular weight excluding hydrogens is 156 g/mol. The molecule has 1 aromatic carbocycles. The molecule has 0 atom stereocenters. The van der Waals surface area contributed by atoms with Gasteiger partial charge in [0, 0.05) is 0 Å². The van der Waals surface area contributed by atoms with Gasteiger partial charge in [-0.2, -0.15) is 0 Å². The molecule has 0 fully saturated rings. The molecule has 1 heterocycles. The van der Waals surface area contributed by atoms with Gasteiger partial charge in [0.25, 0.3) is 0 Å². The van der Waals surface area contributed by atoms with Crippen molar-refractivity contribution in [3.05, 3.63) is 30.1 Å². The van der Waals surface area contributed by atoms with Gasteiger partial charge in [-0.3, -0.25) is 0 Å². The number of nitrogens with zero attached hydrogens (tertiary/aromatic N) is 1. The van der Waals surface area contributed by atoms with Crippen LogP contribution in [0.25, 0.3) is 11.0 Å². The number of aromatic amines is 1. The molecule has 0 aliphatic rings. The van der Waals surface area contributed by atoms with Crippen LogP contribution in [0.2, 0.25) is 1.41 Å². The number of para-hydroxylation sites is 1. The van der Waals surface area contributed by atoms with Crippen LogP contribution in [0.1, 0.15) is 10.4 Å². The summed E-state index contributed by atoms with van der Waals surface area (Å²) in [6.45, 7) is 0. The second kappa shape index (κ2) is 2.34. The van der Waals surface area contributed by atoms with E-state index in [0.29, 0.717) is 11.0 Å². The molecule has 0 aliphatic heterocycles. The molecule has 0 unspecified atom stereocenters. The molecule has 4 heteroatoms. The number of fused-ring (bicyclic) bond motifs is 1. The van der Waals surface area contributed by atoms with Gasteiger partial charge in [-0.05, 0) is 12.1 Å². The molecule has 0 saturated heterocycles. The third-order valence-electron chi connectivity index (χ3n) is 1.63. The van der Waals surface area contributed by atoms with Crippen molar-refractivity contribution in [1.82, 2.24) is 9.96 Å². The van der Waals surface area contributed by atoms with E-state index in [-0.39, 0.29) is 5.56 Å². The Morgan fingerprint density at radius 1 is 1.67 bits per heavy atom. The number of rotatable bonds is 1. The van der Waals surface area contributed by atoms with Gasteiger partial charge in [-0.25, -0.2) is 9.78 Å². The fourth-order valence-corrected chi connectivity index (χ4v) is 1.09. The maximum Gasteiger partial charge on any atom is 0.337 e. The highest BCUT2D eigenvalue weighted by atomic mass is 16.4. The topological polar surface area (TPSA) is 66.0 Å². The smallest absolute Gasteiger partial charge is 0.337 e. The van der Waals surface area contributed by atoms with Gasteiger partial charge in [-0.1, -0.05) is 6.07 Å². The number of H-pyrrole nitrogens is 1. The van der Waals surface area contributed by atoms with Gasteiger partial charge in [0.1, 0.15) is 5.52 Å². The average molecular weight is 163 g/mol. The number of nitrogens with one attached hydrogen (secondary N) is 1. The normalized spacial score (nSPS) is 11.5. The highest BCUT2D eigenvalue weighted by molar-refractivity contribution is 6.00. The second-order valence-electron chi connectivity index (χ2n) is 2.35. The van der Waals surface area contributed by atoms with E-state index in [1.165, 1.54) is 12.4 Å². The number of benzene rings is 1. The van der Waals surface area contributed by atoms with Crippen molar-refractivity contribution in [2.24, 2.45) is 0 Å². The molecule has 0 aliphatic carbocycles. The van der Waals surface area contributed by atoms with E-state index in [2.05, 4.69) is 4.98 Å². The third kappa shape index (κ3) is 0.852. The SMILES string of the molecule is [2H]n1cnc2c(C(=O)O)cccc21. The van der Waals surface area contributed by atoms with Gasteiger partial charge in [-0.15, -0.1) is 0 Å². The van der Waals surface area contributed by atoms with Crippen molar-refractivity contribution in [3.63, 3.8) is 0 Å². The fourth-order valence-electron chi connectivity index (χ4n) is 1.09. The molecule has 0 bridgehead atoms. The number of carboxylic acid groups (broad SMARTS) is 1. The number of carboxylic acids is 1. The lowest BCUT2D eigenvalue weighted by Gasteiger charge is -1.93. The van der Waals surface area contributed by atoms with Gasteiger partial charge >= 0.3 is 5.97 Å². The van der Waals surface area contributed by atoms with Gasteiger partial charge < -0.3 is 10.1 Å². The minimum absolute atomic E-state index is 0.128. The summed E-state index contributed by atoms with van der Waals surface area (Å²) >= 11 is 0. The zero-order valence-electron chi connectivity index (χ0n) is 7.06. The Kier molecular flexibility index (Phi) is 1.12. The first-order valence-corrected chi connectivity index (χ1v) is 3.39. The third-order valence-corrected chi connectivity index (χ3v) is 1.63. The molecule has 0 radical (unpaired) electrons. The summed E-state index contributed by atoms with van der Waals surface area (Å²) in [5.41, 5.74) is 0.980. The number of carbonyl (C=O) groups is 1. The summed E-state index contributed by atoms with van der Waals surface area (Å²) in [6, 6.07) is 4.72. The van der Waals surface area contributed by atoms with Crippen molar-refractivity contribution in [2.75, 3.05) is 0 Å². The Hall–Kier alpha value is -1.84. The monoisotopic (exact) mass is 163 g/mol. The first kappa shape index (κ1) is 5.77. The lowest BCUT2D eigenvalue weighted by molar-refractivity contribution is 0.0699. The van der Waals surface area contributed by atoms with E-state index in [0.717, 1.165) is 4.98 Å². The molecule has 12 heavy (non-hydrogen) atoms. The average Bonchev–Trinajstić information content (AvgIpc) is 2.48. The highest BCUT2D eigenvalue weighted by Crippen LogP contribution is 2.13. The van der Waals surface area contributed by atoms with E-state index < -0.39 is 5.97 Å². The quantitative estimate of drug-likeness (QED) is 0.665. The molecule has 60 valence electrons. The second-order valence-corrected chi connectivity index (χ2v) is 2.35. The zero-order valence-corrected chi connectivity index (χ0v) is 6.06. The van der Waals surface area contributed by atoms with E-state index in [1.807, 2.05) is 0 Å². The molecule has 4 nitrogen and oxygen atoms in total. The summed E-state index contributed by atoms with van der Waals surface area (Å²) in [7, 11) is 0. The number of hydrogen-bond donors (Lipinski definition) is 2. The van der Waals surface area contributed by atoms with Crippen molar-refractivity contribution in [2.45, 2.75) is 0 Å². The Labute approximate surface area is 69.3 Å². The maximum atomic E-state index is 10.7. The summed E-state index contributed by atoms with van der Waals surface area (Å²) in [6.07, 6.45) is 1.27. The van der Waals surface area contributed by atoms with Crippen LogP contribution >= 0.6 is 0 Å². The van der Waals surface area contributed by atoms with Crippen LogP contribution in [0.5, 0.6) is 0 Å². The Morgan fingerprint density at radius 2 is 2.50 bits per heavy atom. The zero-order chi connectivity index (χ0) is 9.42. The first-order valence-electron chi connectivity index (χ1n) is 3.83. The van der Waals surface area contributed by atoms with Gasteiger partial charge in [0.2, 0.25) is 0 Å². The summed E-state index contributed by atoms with van der Waals surface area (Å²) in [5.74, 6) is -1.02. The van der Waals surface area contributed by atoms with Crippen LogP contribution in [0.15, 0.2) is 24.5 Å². The molecule has 0 spiro atoms. The largest absolute Gasteiger partial charge is 0.478 e. The van der Waals surface area contributed by atoms with Crippen LogP contribution in [0.3, 0.4) is 0 Å². The number of hydrogen-bond acceptors (Lipinski definition) is 2. The minimum Gasteiger partial charge on any atom is -0.478 e. The first-order chi connectivity index (χ1) is 6.20. The number of aromatic nitrogens is 2. The standard InChI is InChI=1S/C8H6N2O2/c11-8(12)5-2-1-3-6-7(5)10-4-9-6/h1-4H,(H,9,10)(H,11,12)/i/hD. The van der Waals surface area contributed by atoms with Crippen molar-refractivity contribution >= 4 is 17.0 Å². The highest BCUT2D eigenvalue weighted by Gasteiger charge is 2.08. The Morgan fingerprint density at radius 3 is 3.25 bits per heavy atom. The minimum atomic E-state index is -1.02. The molecule has 2 aromatic rings. The molecule has 1 aromatic heterocycles. The van der Waals surface area contributed by atoms with Crippen LogP contribution in [-0.2, 0) is 0 Å². The number of aromatic carboxylic acids is 1. The van der Waals surface area contributed by atoms with Crippen LogP contribution in [0, 0.1) is 0 Å². The van der Waals surface area contributed by atoms with Crippen LogP contribution in [-0.4, -0.2) is 21.0 Å². The molecule has 0 saturated carbocycles. The van der Waals surface area contributed by atoms with Gasteiger partial charge in [0.05, 0.1) is 17.4 Å². The molecule has 0 amide bonds. The summed E-state index contributed by atoms with van der Waals surface area (Å²) < 4.78 is 7.34. The van der Waals surface area contributed by atoms with Crippen LogP contribution < -0.4 is 0 Å². The molecule has 2 N–H and O–H groups in total. The van der Waals surface area contributed by atoms with Gasteiger partial charge in [0.15, 0.2) is 1.41 Å². The molecule has 2 rings (SSSR count). The van der Waals surface area contributed by atoms with E-state index >= 15 is 0 Å². The van der Waals surface area contributed by atoms with Crippen LogP contribution in [0.4, 0.5) is 0 Å². The van der Waals surface area contributed by atoms with Crippen molar-refractivity contribution < 1.29 is 11.3 Å². The lowest BCUT2D eigenvalue weighted by atomic mass is 10.2. The predicted molar refractivity (Wildman–Crippen MR) is 43.1 cm³/mol. The van der Waals surface area contributed by atoms with Crippen molar-refractivity contribution in [1.29, 1.82) is 0 Å². The maximum absolute atomic E-state index is 10.7. The Balaban J connectivity index is 2.84. The molecular formula is C8H6N2O2. The Bertz CT molecular complexity index is 478. The van der Waals surface area contributed by atoms with E-state index in [9.17, 15) is 4.79 Å². The fraction of sp³-hybridized carbons (Fsp3) is 0. The summed E-state index contributed by atoms with van der Waals surface area (Å²) in [4.78, 5) is 15.6. The van der Waals surface area contributed by atoms with Crippen molar-refractivity contribution in [3.8, 4) is 0 Å². The van der Waals surface area contributed by atoms with E-state index in [4.69, 9.17) is 6.52 Å². The number of imidazole rings is 1. The van der Waals surface area contributed by atoms with E-state index in [1.54, 1.807) is 12.1 Å².